The van der Waals surface area contributed by atoms with Crippen molar-refractivity contribution in [1.82, 2.24) is 4.90 Å². The predicted octanol–water partition coefficient (Wildman–Crippen LogP) is 2.81. The minimum Gasteiger partial charge on any atom is -0.480 e. The van der Waals surface area contributed by atoms with Crippen molar-refractivity contribution in [3.63, 3.8) is 0 Å². The van der Waals surface area contributed by atoms with Gasteiger partial charge in [0.1, 0.15) is 5.75 Å². The molecule has 1 unspecified atom stereocenters. The van der Waals surface area contributed by atoms with Crippen LogP contribution in [0.2, 0.25) is 0 Å². The number of likely N-dealkylation sites (tertiary alicyclic amines) is 1. The molecule has 4 nitrogen and oxygen atoms in total. The third kappa shape index (κ3) is 3.41. The molecule has 0 aliphatic carbocycles. The predicted molar refractivity (Wildman–Crippen MR) is 79.1 cm³/mol. The van der Waals surface area contributed by atoms with Gasteiger partial charge in [0.15, 0.2) is 6.10 Å². The smallest absolute Gasteiger partial charge is 0.263 e. The normalized spacial score (nSPS) is 17.1. The van der Waals surface area contributed by atoms with E-state index in [1.807, 2.05) is 11.0 Å². The van der Waals surface area contributed by atoms with Crippen LogP contribution in [0.25, 0.3) is 0 Å². The molecule has 1 aliphatic heterocycles. The van der Waals surface area contributed by atoms with Gasteiger partial charge in [-0.2, -0.15) is 0 Å². The fraction of sp³-hybridized carbons (Fsp3) is 0.500. The number of halogens is 1. The van der Waals surface area contributed by atoms with Crippen LogP contribution in [0.3, 0.4) is 0 Å². The molecule has 1 aromatic carbocycles. The van der Waals surface area contributed by atoms with Crippen molar-refractivity contribution in [2.75, 3.05) is 18.8 Å². The number of ether oxygens (including phenoxy) is 1. The molecule has 0 aromatic heterocycles. The highest BCUT2D eigenvalue weighted by atomic mass is 79.9. The zero-order chi connectivity index (χ0) is 13.8. The lowest BCUT2D eigenvalue weighted by Gasteiger charge is -2.29. The molecular formula is C14H19BrN2O2. The second-order valence-electron chi connectivity index (χ2n) is 4.81. The molecule has 1 atom stereocenters. The number of rotatable bonds is 3. The summed E-state index contributed by atoms with van der Waals surface area (Å²) in [7, 11) is 0. The molecule has 1 amide bonds. The number of amides is 1. The van der Waals surface area contributed by atoms with Crippen LogP contribution in [0, 0.1) is 0 Å². The van der Waals surface area contributed by atoms with Gasteiger partial charge >= 0.3 is 0 Å². The molecule has 1 heterocycles. The van der Waals surface area contributed by atoms with Crippen molar-refractivity contribution in [3.8, 4) is 5.75 Å². The van der Waals surface area contributed by atoms with Gasteiger partial charge in [0.2, 0.25) is 0 Å². The Morgan fingerprint density at radius 3 is 2.74 bits per heavy atom. The summed E-state index contributed by atoms with van der Waals surface area (Å²) in [6.45, 7) is 3.46. The van der Waals surface area contributed by atoms with Crippen LogP contribution in [0.4, 0.5) is 5.69 Å². The van der Waals surface area contributed by atoms with Crippen molar-refractivity contribution >= 4 is 27.5 Å². The van der Waals surface area contributed by atoms with Crippen molar-refractivity contribution in [3.05, 3.63) is 22.7 Å². The molecule has 1 aromatic rings. The van der Waals surface area contributed by atoms with Gasteiger partial charge in [-0.15, -0.1) is 0 Å². The minimum absolute atomic E-state index is 0.0500. The summed E-state index contributed by atoms with van der Waals surface area (Å²) in [5.74, 6) is 0.659. The number of benzene rings is 1. The minimum atomic E-state index is -0.490. The van der Waals surface area contributed by atoms with E-state index in [2.05, 4.69) is 15.9 Å². The molecule has 1 saturated heterocycles. The van der Waals surface area contributed by atoms with E-state index >= 15 is 0 Å². The molecule has 19 heavy (non-hydrogen) atoms. The van der Waals surface area contributed by atoms with Gasteiger partial charge in [-0.1, -0.05) is 6.07 Å². The summed E-state index contributed by atoms with van der Waals surface area (Å²) >= 11 is 3.38. The molecule has 0 saturated carbocycles. The van der Waals surface area contributed by atoms with Crippen molar-refractivity contribution in [1.29, 1.82) is 0 Å². The zero-order valence-corrected chi connectivity index (χ0v) is 12.6. The van der Waals surface area contributed by atoms with E-state index in [-0.39, 0.29) is 5.91 Å². The molecule has 1 aliphatic rings. The van der Waals surface area contributed by atoms with Crippen molar-refractivity contribution in [2.24, 2.45) is 0 Å². The van der Waals surface area contributed by atoms with Crippen LogP contribution in [0.1, 0.15) is 26.2 Å². The van der Waals surface area contributed by atoms with E-state index in [0.29, 0.717) is 15.9 Å². The molecule has 2 rings (SSSR count). The van der Waals surface area contributed by atoms with Crippen molar-refractivity contribution < 1.29 is 9.53 Å². The van der Waals surface area contributed by atoms with Gasteiger partial charge in [-0.3, -0.25) is 4.79 Å². The summed E-state index contributed by atoms with van der Waals surface area (Å²) in [6, 6.07) is 5.40. The summed E-state index contributed by atoms with van der Waals surface area (Å²) in [4.78, 5) is 14.1. The number of carbonyl (C=O) groups is 1. The number of piperidine rings is 1. The second kappa shape index (κ2) is 6.28. The highest BCUT2D eigenvalue weighted by molar-refractivity contribution is 9.10. The summed E-state index contributed by atoms with van der Waals surface area (Å²) in [5, 5.41) is 0. The second-order valence-corrected chi connectivity index (χ2v) is 5.60. The Morgan fingerprint density at radius 2 is 2.05 bits per heavy atom. The lowest BCUT2D eigenvalue weighted by Crippen LogP contribution is -2.43. The van der Waals surface area contributed by atoms with E-state index in [9.17, 15) is 4.79 Å². The number of anilines is 1. The first kappa shape index (κ1) is 14.2. The third-order valence-electron chi connectivity index (χ3n) is 3.31. The maximum Gasteiger partial charge on any atom is 0.263 e. The number of nitrogens with zero attached hydrogens (tertiary/aromatic N) is 1. The van der Waals surface area contributed by atoms with E-state index in [1.54, 1.807) is 19.1 Å². The molecule has 0 spiro atoms. The number of hydrogen-bond acceptors (Lipinski definition) is 3. The Morgan fingerprint density at radius 1 is 1.37 bits per heavy atom. The average Bonchev–Trinajstić information content (AvgIpc) is 2.44. The van der Waals surface area contributed by atoms with Gasteiger partial charge in [0, 0.05) is 18.8 Å². The first-order valence-electron chi connectivity index (χ1n) is 6.59. The van der Waals surface area contributed by atoms with E-state index < -0.39 is 6.10 Å². The van der Waals surface area contributed by atoms with Crippen LogP contribution in [-0.2, 0) is 4.79 Å². The standard InChI is InChI=1S/C14H19BrN2O2/c1-10(14(18)17-8-3-2-4-9-17)19-12-7-5-6-11(16)13(12)15/h5-7,10H,2-4,8-9,16H2,1H3. The Hall–Kier alpha value is -1.23. The molecular weight excluding hydrogens is 308 g/mol. The number of carbonyl (C=O) groups excluding carboxylic acids is 1. The maximum atomic E-state index is 12.3. The Labute approximate surface area is 122 Å². The molecule has 5 heteroatoms. The highest BCUT2D eigenvalue weighted by Gasteiger charge is 2.24. The topological polar surface area (TPSA) is 55.6 Å². The maximum absolute atomic E-state index is 12.3. The van der Waals surface area contributed by atoms with Crippen LogP contribution >= 0.6 is 15.9 Å². The van der Waals surface area contributed by atoms with Gasteiger partial charge in [-0.25, -0.2) is 0 Å². The van der Waals surface area contributed by atoms with E-state index in [1.165, 1.54) is 6.42 Å². The average molecular weight is 327 g/mol. The fourth-order valence-electron chi connectivity index (χ4n) is 2.23. The Balaban J connectivity index is 2.01. The number of hydrogen-bond donors (Lipinski definition) is 1. The Kier molecular flexibility index (Phi) is 4.69. The van der Waals surface area contributed by atoms with Gasteiger partial charge in [0.05, 0.1) is 4.47 Å². The van der Waals surface area contributed by atoms with Gasteiger partial charge < -0.3 is 15.4 Å². The summed E-state index contributed by atoms with van der Waals surface area (Å²) in [5.41, 5.74) is 6.40. The van der Waals surface area contributed by atoms with Crippen LogP contribution < -0.4 is 10.5 Å². The molecule has 2 N–H and O–H groups in total. The SMILES string of the molecule is CC(Oc1cccc(N)c1Br)C(=O)N1CCCCC1. The van der Waals surface area contributed by atoms with Crippen LogP contribution in [0.5, 0.6) is 5.75 Å². The van der Waals surface area contributed by atoms with Gasteiger partial charge in [0.25, 0.3) is 5.91 Å². The van der Waals surface area contributed by atoms with Gasteiger partial charge in [-0.05, 0) is 54.2 Å². The van der Waals surface area contributed by atoms with Crippen LogP contribution in [-0.4, -0.2) is 30.0 Å². The molecule has 0 radical (unpaired) electrons. The summed E-state index contributed by atoms with van der Waals surface area (Å²) in [6.07, 6.45) is 2.89. The van der Waals surface area contributed by atoms with Crippen LogP contribution in [0.15, 0.2) is 22.7 Å². The molecule has 0 bridgehead atoms. The first-order valence-corrected chi connectivity index (χ1v) is 7.38. The molecule has 1 fully saturated rings. The largest absolute Gasteiger partial charge is 0.480 e. The quantitative estimate of drug-likeness (QED) is 0.869. The number of nitrogen functional groups attached to an aromatic ring is 1. The first-order chi connectivity index (χ1) is 9.09. The number of nitrogens with two attached hydrogens (primary N) is 1. The van der Waals surface area contributed by atoms with E-state index in [0.717, 1.165) is 25.9 Å². The Bertz CT molecular complexity index is 459. The zero-order valence-electron chi connectivity index (χ0n) is 11.1. The lowest BCUT2D eigenvalue weighted by molar-refractivity contribution is -0.138. The van der Waals surface area contributed by atoms with Crippen molar-refractivity contribution in [2.45, 2.75) is 32.3 Å². The highest BCUT2D eigenvalue weighted by Crippen LogP contribution is 2.31. The van der Waals surface area contributed by atoms with E-state index in [4.69, 9.17) is 10.5 Å². The third-order valence-corrected chi connectivity index (χ3v) is 4.16. The lowest BCUT2D eigenvalue weighted by atomic mass is 10.1. The molecule has 104 valence electrons. The monoisotopic (exact) mass is 326 g/mol. The summed E-state index contributed by atoms with van der Waals surface area (Å²) < 4.78 is 6.43. The fourth-order valence-corrected chi connectivity index (χ4v) is 2.59.